The van der Waals surface area contributed by atoms with Gasteiger partial charge in [-0.15, -0.1) is 0 Å². The highest BCUT2D eigenvalue weighted by Gasteiger charge is 2.21. The zero-order chi connectivity index (χ0) is 8.10. The summed E-state index contributed by atoms with van der Waals surface area (Å²) in [5.41, 5.74) is 0. The predicted molar refractivity (Wildman–Crippen MR) is 43.3 cm³/mol. The van der Waals surface area contributed by atoms with Crippen molar-refractivity contribution in [2.45, 2.75) is 25.3 Å². The molecule has 66 valence electrons. The van der Waals surface area contributed by atoms with Gasteiger partial charge in [0.2, 0.25) is 0 Å². The Hall–Kier alpha value is -0.120. The largest absolute Gasteiger partial charge is 0.396 e. The van der Waals surface area contributed by atoms with Gasteiger partial charge in [0.15, 0.2) is 0 Å². The van der Waals surface area contributed by atoms with Crippen LogP contribution in [-0.2, 0) is 0 Å². The molecule has 0 saturated carbocycles. The second-order valence-corrected chi connectivity index (χ2v) is 3.18. The Morgan fingerprint density at radius 2 is 2.00 bits per heavy atom. The molecule has 0 bridgehead atoms. The number of nitrogens with one attached hydrogen (secondary N) is 1. The van der Waals surface area contributed by atoms with E-state index < -0.39 is 0 Å². The lowest BCUT2D eigenvalue weighted by Crippen LogP contribution is -2.42. The van der Waals surface area contributed by atoms with Crippen LogP contribution in [0.2, 0.25) is 0 Å². The third kappa shape index (κ3) is 2.43. The topological polar surface area (TPSA) is 52.5 Å². The molecule has 1 saturated heterocycles. The summed E-state index contributed by atoms with van der Waals surface area (Å²) in [6.45, 7) is 1.21. The van der Waals surface area contributed by atoms with Crippen LogP contribution in [0, 0.1) is 5.92 Å². The third-order valence-corrected chi connectivity index (χ3v) is 2.39. The molecule has 3 heteroatoms. The molecule has 0 aromatic rings. The summed E-state index contributed by atoms with van der Waals surface area (Å²) in [5, 5.41) is 21.1. The van der Waals surface area contributed by atoms with Crippen molar-refractivity contribution in [2.24, 2.45) is 5.92 Å². The molecule has 1 aliphatic rings. The first-order valence-electron chi connectivity index (χ1n) is 4.33. The van der Waals surface area contributed by atoms with Crippen molar-refractivity contribution < 1.29 is 10.2 Å². The van der Waals surface area contributed by atoms with Crippen LogP contribution in [0.4, 0.5) is 0 Å². The van der Waals surface area contributed by atoms with E-state index in [9.17, 15) is 0 Å². The Bertz CT molecular complexity index is 98.3. The van der Waals surface area contributed by atoms with Crippen molar-refractivity contribution in [3.63, 3.8) is 0 Å². The van der Waals surface area contributed by atoms with Gasteiger partial charge in [-0.3, -0.25) is 0 Å². The molecule has 1 heterocycles. The summed E-state index contributed by atoms with van der Waals surface area (Å²) in [4.78, 5) is 0. The summed E-state index contributed by atoms with van der Waals surface area (Å²) in [7, 11) is 0. The number of aliphatic hydroxyl groups excluding tert-OH is 2. The van der Waals surface area contributed by atoms with Crippen LogP contribution in [-0.4, -0.2) is 36.0 Å². The van der Waals surface area contributed by atoms with E-state index >= 15 is 0 Å². The molecule has 0 aliphatic carbocycles. The molecule has 0 aromatic carbocycles. The third-order valence-electron chi connectivity index (χ3n) is 2.39. The van der Waals surface area contributed by atoms with E-state index in [-0.39, 0.29) is 19.1 Å². The average Bonchev–Trinajstić information content (AvgIpc) is 2.09. The fourth-order valence-corrected chi connectivity index (χ4v) is 1.59. The van der Waals surface area contributed by atoms with Gasteiger partial charge in [0.25, 0.3) is 0 Å². The summed E-state index contributed by atoms with van der Waals surface area (Å²) in [6, 6.07) is 0.332. The summed E-state index contributed by atoms with van der Waals surface area (Å²) in [5.74, 6) is 0.0373. The number of hydrogen-bond acceptors (Lipinski definition) is 3. The van der Waals surface area contributed by atoms with Gasteiger partial charge in [-0.25, -0.2) is 0 Å². The maximum absolute atomic E-state index is 8.88. The average molecular weight is 159 g/mol. The maximum Gasteiger partial charge on any atom is 0.0496 e. The zero-order valence-corrected chi connectivity index (χ0v) is 6.79. The monoisotopic (exact) mass is 159 g/mol. The van der Waals surface area contributed by atoms with Crippen LogP contribution in [0.3, 0.4) is 0 Å². The van der Waals surface area contributed by atoms with E-state index in [1.165, 1.54) is 12.8 Å². The number of aliphatic hydroxyl groups is 2. The highest BCUT2D eigenvalue weighted by molar-refractivity contribution is 4.78. The molecule has 3 nitrogen and oxygen atoms in total. The summed E-state index contributed by atoms with van der Waals surface area (Å²) >= 11 is 0. The van der Waals surface area contributed by atoms with Gasteiger partial charge >= 0.3 is 0 Å². The van der Waals surface area contributed by atoms with Crippen molar-refractivity contribution in [3.05, 3.63) is 0 Å². The van der Waals surface area contributed by atoms with E-state index in [0.29, 0.717) is 6.04 Å². The van der Waals surface area contributed by atoms with Crippen LogP contribution in [0.1, 0.15) is 19.3 Å². The van der Waals surface area contributed by atoms with Crippen molar-refractivity contribution in [2.75, 3.05) is 19.8 Å². The van der Waals surface area contributed by atoms with Crippen molar-refractivity contribution in [3.8, 4) is 0 Å². The van der Waals surface area contributed by atoms with E-state index in [4.69, 9.17) is 10.2 Å². The molecular weight excluding hydrogens is 142 g/mol. The van der Waals surface area contributed by atoms with Crippen molar-refractivity contribution in [1.82, 2.24) is 5.32 Å². The van der Waals surface area contributed by atoms with Gasteiger partial charge in [0.1, 0.15) is 0 Å². The van der Waals surface area contributed by atoms with E-state index in [0.717, 1.165) is 13.0 Å². The molecule has 1 unspecified atom stereocenters. The van der Waals surface area contributed by atoms with Crippen molar-refractivity contribution >= 4 is 0 Å². The first-order valence-corrected chi connectivity index (χ1v) is 4.33. The molecule has 3 N–H and O–H groups in total. The van der Waals surface area contributed by atoms with Crippen LogP contribution in [0.15, 0.2) is 0 Å². The molecule has 1 aliphatic heterocycles. The minimum absolute atomic E-state index is 0.0373. The van der Waals surface area contributed by atoms with Crippen LogP contribution < -0.4 is 5.32 Å². The van der Waals surface area contributed by atoms with Crippen molar-refractivity contribution in [1.29, 1.82) is 0 Å². The minimum Gasteiger partial charge on any atom is -0.396 e. The van der Waals surface area contributed by atoms with Gasteiger partial charge in [-0.2, -0.15) is 0 Å². The van der Waals surface area contributed by atoms with Crippen LogP contribution in [0.5, 0.6) is 0 Å². The fourth-order valence-electron chi connectivity index (χ4n) is 1.59. The summed E-state index contributed by atoms with van der Waals surface area (Å²) < 4.78 is 0. The predicted octanol–water partition coefficient (Wildman–Crippen LogP) is -0.271. The molecule has 1 rings (SSSR count). The highest BCUT2D eigenvalue weighted by atomic mass is 16.3. The second-order valence-electron chi connectivity index (χ2n) is 3.18. The normalized spacial score (nSPS) is 25.9. The van der Waals surface area contributed by atoms with E-state index in [1.807, 2.05) is 0 Å². The Balaban J connectivity index is 2.30. The summed E-state index contributed by atoms with van der Waals surface area (Å²) in [6.07, 6.45) is 3.53. The van der Waals surface area contributed by atoms with Crippen LogP contribution in [0.25, 0.3) is 0 Å². The fraction of sp³-hybridized carbons (Fsp3) is 1.00. The lowest BCUT2D eigenvalue weighted by molar-refractivity contribution is 0.110. The van der Waals surface area contributed by atoms with E-state index in [2.05, 4.69) is 5.32 Å². The van der Waals surface area contributed by atoms with Crippen LogP contribution >= 0.6 is 0 Å². The Morgan fingerprint density at radius 3 is 2.45 bits per heavy atom. The molecule has 1 atom stereocenters. The molecule has 0 radical (unpaired) electrons. The van der Waals surface area contributed by atoms with Gasteiger partial charge in [0, 0.05) is 25.2 Å². The van der Waals surface area contributed by atoms with Gasteiger partial charge in [-0.05, 0) is 19.4 Å². The smallest absolute Gasteiger partial charge is 0.0496 e. The number of rotatable bonds is 3. The molecule has 11 heavy (non-hydrogen) atoms. The molecule has 0 amide bonds. The highest BCUT2D eigenvalue weighted by Crippen LogP contribution is 2.14. The Labute approximate surface area is 67.4 Å². The standard InChI is InChI=1S/C8H17NO2/c10-5-7(6-11)8-3-1-2-4-9-8/h7-11H,1-6H2. The lowest BCUT2D eigenvalue weighted by Gasteiger charge is -2.28. The molecular formula is C8H17NO2. The maximum atomic E-state index is 8.88. The minimum atomic E-state index is 0.0373. The molecule has 0 spiro atoms. The lowest BCUT2D eigenvalue weighted by atomic mass is 9.93. The quantitative estimate of drug-likeness (QED) is 0.531. The molecule has 0 aromatic heterocycles. The Morgan fingerprint density at radius 1 is 1.27 bits per heavy atom. The number of hydrogen-bond donors (Lipinski definition) is 3. The van der Waals surface area contributed by atoms with E-state index in [1.54, 1.807) is 0 Å². The first-order chi connectivity index (χ1) is 5.38. The first kappa shape index (κ1) is 8.97. The zero-order valence-electron chi connectivity index (χ0n) is 6.79. The van der Waals surface area contributed by atoms with Gasteiger partial charge in [-0.1, -0.05) is 6.42 Å². The number of piperidine rings is 1. The SMILES string of the molecule is OCC(CO)C1CCCCN1. The van der Waals surface area contributed by atoms with Gasteiger partial charge in [0.05, 0.1) is 0 Å². The Kier molecular flexibility index (Phi) is 3.83. The van der Waals surface area contributed by atoms with Gasteiger partial charge < -0.3 is 15.5 Å². The second kappa shape index (κ2) is 4.70. The molecule has 1 fully saturated rings.